The molecule has 0 saturated carbocycles. The second-order valence-corrected chi connectivity index (χ2v) is 5.61. The zero-order valence-electron chi connectivity index (χ0n) is 12.7. The third-order valence-corrected chi connectivity index (χ3v) is 3.28. The van der Waals surface area contributed by atoms with E-state index in [1.807, 2.05) is 42.5 Å². The lowest BCUT2D eigenvalue weighted by Crippen LogP contribution is -1.86. The number of benzene rings is 2. The van der Waals surface area contributed by atoms with Crippen LogP contribution in [0.3, 0.4) is 0 Å². The fraction of sp³-hybridized carbons (Fsp3) is 0.0625. The molecule has 0 unspecified atom stereocenters. The van der Waals surface area contributed by atoms with Gasteiger partial charge in [-0.2, -0.15) is 13.4 Å². The smallest absolute Gasteiger partial charge is 0.211 e. The summed E-state index contributed by atoms with van der Waals surface area (Å²) < 4.78 is 24.3. The first-order chi connectivity index (χ1) is 12.0. The maximum absolute atomic E-state index is 10.1. The van der Waals surface area contributed by atoms with E-state index in [-0.39, 0.29) is 0 Å². The van der Waals surface area contributed by atoms with Gasteiger partial charge in [0.2, 0.25) is 6.08 Å². The van der Waals surface area contributed by atoms with E-state index in [9.17, 15) is 22.8 Å². The van der Waals surface area contributed by atoms with Crippen LogP contribution in [-0.4, -0.2) is 26.7 Å². The van der Waals surface area contributed by atoms with Gasteiger partial charge in [-0.3, -0.25) is 0 Å². The fourth-order valence-electron chi connectivity index (χ4n) is 1.69. The molecule has 9 heteroatoms. The van der Waals surface area contributed by atoms with Crippen molar-refractivity contribution in [3.05, 3.63) is 65.7 Å². The quantitative estimate of drug-likeness (QED) is 0.599. The van der Waals surface area contributed by atoms with Crippen LogP contribution in [-0.2, 0) is 31.0 Å². The summed E-state index contributed by atoms with van der Waals surface area (Å²) in [7, 11) is -4.28. The maximum atomic E-state index is 10.1. The zero-order chi connectivity index (χ0) is 18.5. The van der Waals surface area contributed by atoms with Gasteiger partial charge in [0, 0.05) is 0 Å². The highest BCUT2D eigenvalue weighted by Crippen LogP contribution is 2.15. The van der Waals surface area contributed by atoms with Gasteiger partial charge in [0.05, 0.1) is 5.69 Å². The summed E-state index contributed by atoms with van der Waals surface area (Å²) in [5.74, 6) is 0. The minimum atomic E-state index is -4.28. The van der Waals surface area contributed by atoms with Crippen molar-refractivity contribution in [3.8, 4) is 0 Å². The maximum Gasteiger partial charge on any atom is 0.383 e. The number of aliphatic imine (C=N–C) groups is 1. The van der Waals surface area contributed by atoms with Crippen molar-refractivity contribution >= 4 is 34.1 Å². The summed E-state index contributed by atoms with van der Waals surface area (Å²) in [6.07, 6.45) is 3.84. The summed E-state index contributed by atoms with van der Waals surface area (Å²) in [5, 5.41) is 0. The number of rotatable bonds is 5. The molecule has 25 heavy (non-hydrogen) atoms. The number of nitrogens with zero attached hydrogens (tertiary/aromatic N) is 3. The summed E-state index contributed by atoms with van der Waals surface area (Å²) >= 11 is 0. The van der Waals surface area contributed by atoms with Crippen molar-refractivity contribution in [1.29, 1.82) is 0 Å². The minimum Gasteiger partial charge on any atom is -0.211 e. The zero-order valence-corrected chi connectivity index (χ0v) is 13.5. The molecule has 0 atom stereocenters. The molecule has 0 fully saturated rings. The molecule has 0 amide bonds. The summed E-state index contributed by atoms with van der Waals surface area (Å²) in [4.78, 5) is 32.1. The monoisotopic (exact) mass is 357 g/mol. The van der Waals surface area contributed by atoms with Crippen molar-refractivity contribution in [2.75, 3.05) is 0 Å². The highest BCUT2D eigenvalue weighted by molar-refractivity contribution is 7.89. The predicted molar refractivity (Wildman–Crippen MR) is 88.6 cm³/mol. The van der Waals surface area contributed by atoms with Gasteiger partial charge < -0.3 is 0 Å². The topological polar surface area (TPSA) is 122 Å². The Morgan fingerprint density at radius 2 is 1.24 bits per heavy atom. The molecule has 0 radical (unpaired) electrons. The molecule has 0 spiro atoms. The third kappa shape index (κ3) is 8.08. The fourth-order valence-corrected chi connectivity index (χ4v) is 1.92. The first kappa shape index (κ1) is 19.6. The summed E-state index contributed by atoms with van der Waals surface area (Å²) in [6.45, 7) is 0. The van der Waals surface area contributed by atoms with Gasteiger partial charge in [-0.25, -0.2) is 14.4 Å². The van der Waals surface area contributed by atoms with Gasteiger partial charge in [-0.1, -0.05) is 51.3 Å². The molecular formula is C16H11N3O5S. The molecule has 0 aliphatic heterocycles. The van der Waals surface area contributed by atoms with Crippen LogP contribution in [0.1, 0.15) is 11.1 Å². The Kier molecular flexibility index (Phi) is 8.09. The molecule has 0 aliphatic rings. The second-order valence-electron chi connectivity index (χ2n) is 4.34. The first-order valence-corrected chi connectivity index (χ1v) is 8.04. The summed E-state index contributed by atoms with van der Waals surface area (Å²) in [5.41, 5.74) is 3.12. The van der Waals surface area contributed by atoms with Crippen LogP contribution in [0.2, 0.25) is 0 Å². The SMILES string of the molecule is O=C=NS(=O)(=O)N=C=O.O=C=Nc1ccc(Cc2ccccc2)cc1. The largest absolute Gasteiger partial charge is 0.383 e. The minimum absolute atomic E-state index is 0.645. The van der Waals surface area contributed by atoms with Crippen LogP contribution in [0.5, 0.6) is 0 Å². The van der Waals surface area contributed by atoms with E-state index in [0.29, 0.717) is 17.8 Å². The molecule has 0 saturated heterocycles. The normalized spacial score (nSPS) is 9.28. The standard InChI is InChI=1S/C14H11NO.C2N2O4S/c16-11-15-14-8-6-13(7-9-14)10-12-4-2-1-3-5-12;5-1-3-9(7,8)4-2-6/h1-9H,10H2;. The molecule has 0 aliphatic carbocycles. The Morgan fingerprint density at radius 1 is 0.720 bits per heavy atom. The average molecular weight is 357 g/mol. The van der Waals surface area contributed by atoms with Crippen molar-refractivity contribution in [2.45, 2.75) is 6.42 Å². The Hall–Kier alpha value is -3.47. The highest BCUT2D eigenvalue weighted by atomic mass is 32.2. The van der Waals surface area contributed by atoms with Gasteiger partial charge in [-0.05, 0) is 29.7 Å². The second kappa shape index (κ2) is 10.3. The van der Waals surface area contributed by atoms with Crippen molar-refractivity contribution < 1.29 is 22.8 Å². The van der Waals surface area contributed by atoms with Crippen LogP contribution in [0, 0.1) is 0 Å². The van der Waals surface area contributed by atoms with E-state index in [1.165, 1.54) is 17.2 Å². The van der Waals surface area contributed by atoms with E-state index in [4.69, 9.17) is 0 Å². The van der Waals surface area contributed by atoms with E-state index in [2.05, 4.69) is 25.9 Å². The van der Waals surface area contributed by atoms with E-state index in [0.717, 1.165) is 6.42 Å². The van der Waals surface area contributed by atoms with E-state index >= 15 is 0 Å². The van der Waals surface area contributed by atoms with E-state index < -0.39 is 10.2 Å². The van der Waals surface area contributed by atoms with Crippen molar-refractivity contribution in [2.24, 2.45) is 13.8 Å². The first-order valence-electron chi connectivity index (χ1n) is 6.64. The molecule has 8 nitrogen and oxygen atoms in total. The molecule has 0 aromatic heterocycles. The molecule has 2 aromatic rings. The van der Waals surface area contributed by atoms with Crippen LogP contribution in [0.15, 0.2) is 68.4 Å². The molecular weight excluding hydrogens is 346 g/mol. The van der Waals surface area contributed by atoms with Crippen LogP contribution in [0.4, 0.5) is 5.69 Å². The highest BCUT2D eigenvalue weighted by Gasteiger charge is 2.00. The van der Waals surface area contributed by atoms with E-state index in [1.54, 1.807) is 0 Å². The van der Waals surface area contributed by atoms with Gasteiger partial charge >= 0.3 is 10.2 Å². The lowest BCUT2D eigenvalue weighted by molar-refractivity contribution is 0.561. The average Bonchev–Trinajstić information content (AvgIpc) is 2.58. The van der Waals surface area contributed by atoms with Crippen LogP contribution >= 0.6 is 0 Å². The van der Waals surface area contributed by atoms with Crippen molar-refractivity contribution in [1.82, 2.24) is 0 Å². The van der Waals surface area contributed by atoms with Gasteiger partial charge in [0.1, 0.15) is 0 Å². The van der Waals surface area contributed by atoms with Crippen LogP contribution < -0.4 is 0 Å². The Morgan fingerprint density at radius 3 is 1.72 bits per heavy atom. The molecule has 2 aromatic carbocycles. The predicted octanol–water partition coefficient (Wildman–Crippen LogP) is 2.15. The molecule has 0 N–H and O–H groups in total. The molecule has 0 heterocycles. The molecule has 2 rings (SSSR count). The number of hydrogen-bond acceptors (Lipinski definition) is 6. The molecule has 126 valence electrons. The Balaban J connectivity index is 0.000000299. The lowest BCUT2D eigenvalue weighted by atomic mass is 10.1. The Bertz CT molecular complexity index is 913. The van der Waals surface area contributed by atoms with Crippen molar-refractivity contribution in [3.63, 3.8) is 0 Å². The summed E-state index contributed by atoms with van der Waals surface area (Å²) in [6, 6.07) is 17.8. The number of isocyanates is 3. The van der Waals surface area contributed by atoms with Gasteiger partial charge in [0.15, 0.2) is 0 Å². The van der Waals surface area contributed by atoms with Gasteiger partial charge in [0.25, 0.3) is 12.2 Å². The lowest BCUT2D eigenvalue weighted by Gasteiger charge is -2.01. The van der Waals surface area contributed by atoms with Gasteiger partial charge in [-0.15, -0.1) is 0 Å². The number of carbonyl (C=O) groups excluding carboxylic acids is 3. The number of hydrogen-bond donors (Lipinski definition) is 0. The Labute approximate surface area is 143 Å². The third-order valence-electron chi connectivity index (χ3n) is 2.67. The molecule has 0 bridgehead atoms. The van der Waals surface area contributed by atoms with Crippen LogP contribution in [0.25, 0.3) is 0 Å².